The predicted octanol–water partition coefficient (Wildman–Crippen LogP) is 4.92. The standard InChI is InChI=1S/C27H27BrN4O3/c1-3-32(4-2)22-13-10-19(11-14-22)17-24(30-26(34)21-8-6-5-7-9-21)27(35)31-29-18-20-12-15-25(33)23(28)16-20/h5-18,33H,3-4H2,1-2H3,(H,30,34)(H,31,35)/b24-17-,29-18?. The average molecular weight is 535 g/mol. The zero-order valence-electron chi connectivity index (χ0n) is 19.5. The van der Waals surface area contributed by atoms with E-state index in [1.807, 2.05) is 30.3 Å². The van der Waals surface area contributed by atoms with Crippen molar-refractivity contribution < 1.29 is 14.7 Å². The van der Waals surface area contributed by atoms with Gasteiger partial charge in [0, 0.05) is 24.3 Å². The molecular weight excluding hydrogens is 508 g/mol. The number of hydrazone groups is 1. The van der Waals surface area contributed by atoms with E-state index in [1.54, 1.807) is 42.5 Å². The lowest BCUT2D eigenvalue weighted by molar-refractivity contribution is -0.117. The highest BCUT2D eigenvalue weighted by atomic mass is 79.9. The number of nitrogens with one attached hydrogen (secondary N) is 2. The second kappa shape index (κ2) is 12.5. The van der Waals surface area contributed by atoms with E-state index in [9.17, 15) is 14.7 Å². The lowest BCUT2D eigenvalue weighted by Gasteiger charge is -2.20. The molecule has 0 aliphatic carbocycles. The number of hydrogen-bond donors (Lipinski definition) is 3. The number of phenols is 1. The first-order valence-electron chi connectivity index (χ1n) is 11.2. The maximum atomic E-state index is 12.9. The predicted molar refractivity (Wildman–Crippen MR) is 143 cm³/mol. The molecule has 180 valence electrons. The fourth-order valence-corrected chi connectivity index (χ4v) is 3.70. The van der Waals surface area contributed by atoms with E-state index in [0.717, 1.165) is 24.3 Å². The Bertz CT molecular complexity index is 1220. The van der Waals surface area contributed by atoms with E-state index in [-0.39, 0.29) is 11.4 Å². The van der Waals surface area contributed by atoms with Crippen LogP contribution in [0.3, 0.4) is 0 Å². The molecule has 0 heterocycles. The van der Waals surface area contributed by atoms with Gasteiger partial charge in [-0.05, 0) is 89.4 Å². The molecule has 0 bridgehead atoms. The molecule has 0 radical (unpaired) electrons. The third-order valence-electron chi connectivity index (χ3n) is 5.21. The van der Waals surface area contributed by atoms with Gasteiger partial charge < -0.3 is 15.3 Å². The lowest BCUT2D eigenvalue weighted by Crippen LogP contribution is -2.32. The van der Waals surface area contributed by atoms with Gasteiger partial charge in [-0.2, -0.15) is 5.10 Å². The number of benzene rings is 3. The van der Waals surface area contributed by atoms with Gasteiger partial charge in [0.1, 0.15) is 11.4 Å². The van der Waals surface area contributed by atoms with E-state index in [4.69, 9.17) is 0 Å². The molecule has 0 saturated heterocycles. The van der Waals surface area contributed by atoms with E-state index in [1.165, 1.54) is 12.3 Å². The van der Waals surface area contributed by atoms with Crippen LogP contribution in [0.5, 0.6) is 5.75 Å². The van der Waals surface area contributed by atoms with Crippen molar-refractivity contribution in [1.29, 1.82) is 0 Å². The second-order valence-corrected chi connectivity index (χ2v) is 8.41. The first kappa shape index (κ1) is 25.7. The summed E-state index contributed by atoms with van der Waals surface area (Å²) in [5.41, 5.74) is 5.44. The van der Waals surface area contributed by atoms with Crippen LogP contribution < -0.4 is 15.6 Å². The smallest absolute Gasteiger partial charge is 0.287 e. The highest BCUT2D eigenvalue weighted by Crippen LogP contribution is 2.23. The van der Waals surface area contributed by atoms with Crippen molar-refractivity contribution in [3.05, 3.63) is 99.7 Å². The van der Waals surface area contributed by atoms with Crippen LogP contribution in [0.25, 0.3) is 6.08 Å². The molecule has 7 nitrogen and oxygen atoms in total. The van der Waals surface area contributed by atoms with Gasteiger partial charge in [-0.3, -0.25) is 9.59 Å². The lowest BCUT2D eigenvalue weighted by atomic mass is 10.1. The van der Waals surface area contributed by atoms with Crippen LogP contribution in [0.15, 0.2) is 88.1 Å². The van der Waals surface area contributed by atoms with E-state index >= 15 is 0 Å². The Morgan fingerprint density at radius 3 is 2.26 bits per heavy atom. The summed E-state index contributed by atoms with van der Waals surface area (Å²) in [5.74, 6) is -0.874. The molecule has 3 N–H and O–H groups in total. The van der Waals surface area contributed by atoms with Gasteiger partial charge in [-0.15, -0.1) is 0 Å². The van der Waals surface area contributed by atoms with Crippen LogP contribution in [-0.4, -0.2) is 36.2 Å². The molecular formula is C27H27BrN4O3. The molecule has 0 aliphatic rings. The quantitative estimate of drug-likeness (QED) is 0.206. The Balaban J connectivity index is 1.82. The zero-order valence-corrected chi connectivity index (χ0v) is 21.1. The molecule has 35 heavy (non-hydrogen) atoms. The molecule has 0 aromatic heterocycles. The number of hydrogen-bond acceptors (Lipinski definition) is 5. The summed E-state index contributed by atoms with van der Waals surface area (Å²) in [6.45, 7) is 5.97. The summed E-state index contributed by atoms with van der Waals surface area (Å²) in [6.07, 6.45) is 3.05. The van der Waals surface area contributed by atoms with Crippen LogP contribution >= 0.6 is 15.9 Å². The minimum absolute atomic E-state index is 0.0541. The number of anilines is 1. The van der Waals surface area contributed by atoms with Crippen LogP contribution in [0.2, 0.25) is 0 Å². The van der Waals surface area contributed by atoms with Crippen molar-refractivity contribution in [3.63, 3.8) is 0 Å². The van der Waals surface area contributed by atoms with Gasteiger partial charge in [-0.1, -0.05) is 30.3 Å². The summed E-state index contributed by atoms with van der Waals surface area (Å²) in [4.78, 5) is 27.9. The Labute approximate surface area is 213 Å². The number of aromatic hydroxyl groups is 1. The minimum atomic E-state index is -0.573. The van der Waals surface area contributed by atoms with Gasteiger partial charge in [0.25, 0.3) is 11.8 Å². The molecule has 0 fully saturated rings. The molecule has 0 saturated carbocycles. The third-order valence-corrected chi connectivity index (χ3v) is 5.85. The van der Waals surface area contributed by atoms with E-state index < -0.39 is 11.8 Å². The first-order chi connectivity index (χ1) is 16.9. The average Bonchev–Trinajstić information content (AvgIpc) is 2.88. The minimum Gasteiger partial charge on any atom is -0.507 e. The molecule has 2 amide bonds. The fourth-order valence-electron chi connectivity index (χ4n) is 3.31. The maximum Gasteiger partial charge on any atom is 0.287 e. The van der Waals surface area contributed by atoms with Gasteiger partial charge >= 0.3 is 0 Å². The highest BCUT2D eigenvalue weighted by Gasteiger charge is 2.14. The number of carbonyl (C=O) groups is 2. The van der Waals surface area contributed by atoms with Crippen molar-refractivity contribution in [2.24, 2.45) is 5.10 Å². The largest absolute Gasteiger partial charge is 0.507 e. The summed E-state index contributed by atoms with van der Waals surface area (Å²) in [6, 6.07) is 21.2. The van der Waals surface area contributed by atoms with Gasteiger partial charge in [-0.25, -0.2) is 5.43 Å². The number of rotatable bonds is 9. The van der Waals surface area contributed by atoms with Crippen molar-refractivity contribution in [1.82, 2.24) is 10.7 Å². The number of amides is 2. The van der Waals surface area contributed by atoms with Crippen molar-refractivity contribution >= 4 is 45.7 Å². The van der Waals surface area contributed by atoms with E-state index in [2.05, 4.69) is 50.5 Å². The van der Waals surface area contributed by atoms with Gasteiger partial charge in [0.15, 0.2) is 0 Å². The summed E-state index contributed by atoms with van der Waals surface area (Å²) >= 11 is 3.24. The molecule has 0 unspecified atom stereocenters. The molecule has 8 heteroatoms. The monoisotopic (exact) mass is 534 g/mol. The highest BCUT2D eigenvalue weighted by molar-refractivity contribution is 9.10. The van der Waals surface area contributed by atoms with E-state index in [0.29, 0.717) is 15.6 Å². The summed E-state index contributed by atoms with van der Waals surface area (Å²) < 4.78 is 0.511. The molecule has 0 spiro atoms. The van der Waals surface area contributed by atoms with Crippen LogP contribution in [-0.2, 0) is 4.79 Å². The van der Waals surface area contributed by atoms with Crippen molar-refractivity contribution in [2.45, 2.75) is 13.8 Å². The molecule has 3 aromatic carbocycles. The van der Waals surface area contributed by atoms with Gasteiger partial charge in [0.05, 0.1) is 10.7 Å². The number of carbonyl (C=O) groups excluding carboxylic acids is 2. The van der Waals surface area contributed by atoms with Crippen molar-refractivity contribution in [2.75, 3.05) is 18.0 Å². The number of nitrogens with zero attached hydrogens (tertiary/aromatic N) is 2. The van der Waals surface area contributed by atoms with Crippen molar-refractivity contribution in [3.8, 4) is 5.75 Å². The summed E-state index contributed by atoms with van der Waals surface area (Å²) in [5, 5.41) is 16.3. The summed E-state index contributed by atoms with van der Waals surface area (Å²) in [7, 11) is 0. The normalized spacial score (nSPS) is 11.3. The Kier molecular flexibility index (Phi) is 9.20. The Morgan fingerprint density at radius 1 is 0.971 bits per heavy atom. The third kappa shape index (κ3) is 7.28. The second-order valence-electron chi connectivity index (χ2n) is 7.55. The topological polar surface area (TPSA) is 94.0 Å². The number of phenolic OH excluding ortho intramolecular Hbond substituents is 1. The van der Waals surface area contributed by atoms with Crippen LogP contribution in [0.1, 0.15) is 35.3 Å². The fraction of sp³-hybridized carbons (Fsp3) is 0.148. The Hall–Kier alpha value is -3.91. The maximum absolute atomic E-state index is 12.9. The first-order valence-corrected chi connectivity index (χ1v) is 12.0. The molecule has 3 rings (SSSR count). The zero-order chi connectivity index (χ0) is 25.2. The van der Waals surface area contributed by atoms with Crippen LogP contribution in [0.4, 0.5) is 5.69 Å². The van der Waals surface area contributed by atoms with Crippen LogP contribution in [0, 0.1) is 0 Å². The Morgan fingerprint density at radius 2 is 1.63 bits per heavy atom. The molecule has 0 atom stereocenters. The van der Waals surface area contributed by atoms with Gasteiger partial charge in [0.2, 0.25) is 0 Å². The SMILES string of the molecule is CCN(CC)c1ccc(/C=C(\NC(=O)c2ccccc2)C(=O)NN=Cc2ccc(O)c(Br)c2)cc1. The molecule has 3 aromatic rings. The molecule has 0 aliphatic heterocycles. The number of halogens is 1.